The Balaban J connectivity index is 3.53. The molecule has 0 spiro atoms. The highest BCUT2D eigenvalue weighted by Crippen LogP contribution is 2.36. The number of carbonyl (C=O) groups is 1. The van der Waals surface area contributed by atoms with Crippen molar-refractivity contribution in [3.63, 3.8) is 0 Å². The maximum Gasteiger partial charge on any atom is 0.416 e. The second-order valence-corrected chi connectivity index (χ2v) is 3.38. The molecule has 0 aliphatic heterocycles. The Morgan fingerprint density at radius 2 is 1.82 bits per heavy atom. The predicted molar refractivity (Wildman–Crippen MR) is 50.8 cm³/mol. The Morgan fingerprint density at radius 3 is 2.18 bits per heavy atom. The van der Waals surface area contributed by atoms with E-state index >= 15 is 0 Å². The molecule has 0 aliphatic carbocycles. The van der Waals surface area contributed by atoms with E-state index in [0.717, 1.165) is 6.92 Å². The number of carbonyl (C=O) groups excluding carboxylic acids is 1. The van der Waals surface area contributed by atoms with E-state index in [1.165, 1.54) is 0 Å². The number of anilines is 1. The van der Waals surface area contributed by atoms with Crippen LogP contribution in [-0.2, 0) is 6.18 Å². The Hall–Kier alpha value is -1.66. The summed E-state index contributed by atoms with van der Waals surface area (Å²) in [7, 11) is 0. The number of hydrogen-bond acceptors (Lipinski definition) is 2. The van der Waals surface area contributed by atoms with Crippen molar-refractivity contribution in [3.8, 4) is 0 Å². The van der Waals surface area contributed by atoms with Gasteiger partial charge in [0.1, 0.15) is 0 Å². The summed E-state index contributed by atoms with van der Waals surface area (Å²) in [5, 5.41) is 0. The molecule has 1 aromatic carbocycles. The maximum atomic E-state index is 12.5. The van der Waals surface area contributed by atoms with E-state index in [1.54, 1.807) is 0 Å². The van der Waals surface area contributed by atoms with Crippen molar-refractivity contribution in [3.05, 3.63) is 28.8 Å². The fraction of sp³-hybridized carbons (Fsp3) is 0.300. The van der Waals surface area contributed by atoms with Crippen LogP contribution >= 0.6 is 0 Å². The number of hydrogen-bond donors (Lipinski definition) is 1. The molecule has 0 heterocycles. The lowest BCUT2D eigenvalue weighted by Crippen LogP contribution is -2.11. The van der Waals surface area contributed by atoms with E-state index < -0.39 is 40.8 Å². The largest absolute Gasteiger partial charge is 0.416 e. The average molecular weight is 253 g/mol. The van der Waals surface area contributed by atoms with Gasteiger partial charge in [-0.15, -0.1) is 0 Å². The molecule has 0 aliphatic rings. The van der Waals surface area contributed by atoms with Gasteiger partial charge in [0.25, 0.3) is 6.43 Å². The average Bonchev–Trinajstić information content (AvgIpc) is 2.14. The van der Waals surface area contributed by atoms with Gasteiger partial charge in [-0.05, 0) is 19.1 Å². The third-order valence-electron chi connectivity index (χ3n) is 2.15. The highest BCUT2D eigenvalue weighted by atomic mass is 19.4. The smallest absolute Gasteiger partial charge is 0.398 e. The molecule has 0 saturated carbocycles. The van der Waals surface area contributed by atoms with Gasteiger partial charge in [0.2, 0.25) is 0 Å². The van der Waals surface area contributed by atoms with Gasteiger partial charge in [0.15, 0.2) is 5.78 Å². The maximum absolute atomic E-state index is 12.5. The van der Waals surface area contributed by atoms with Crippen LogP contribution in [-0.4, -0.2) is 5.78 Å². The van der Waals surface area contributed by atoms with Crippen LogP contribution in [0.25, 0.3) is 0 Å². The Kier molecular flexibility index (Phi) is 3.40. The molecule has 1 aromatic rings. The van der Waals surface area contributed by atoms with Crippen LogP contribution in [0.4, 0.5) is 27.6 Å². The highest BCUT2D eigenvalue weighted by Gasteiger charge is 2.33. The molecule has 0 unspecified atom stereocenters. The third kappa shape index (κ3) is 2.72. The molecule has 2 N–H and O–H groups in total. The van der Waals surface area contributed by atoms with E-state index in [-0.39, 0.29) is 6.07 Å². The summed E-state index contributed by atoms with van der Waals surface area (Å²) >= 11 is 0. The van der Waals surface area contributed by atoms with Crippen molar-refractivity contribution >= 4 is 11.5 Å². The minimum atomic E-state index is -4.80. The van der Waals surface area contributed by atoms with Gasteiger partial charge in [-0.2, -0.15) is 13.2 Å². The van der Waals surface area contributed by atoms with E-state index in [1.807, 2.05) is 0 Å². The standard InChI is InChI=1S/C10H8F5NO/c1-4(17)6-2-5(10(13,14)15)3-7(8(6)16)9(11)12/h2-3,9H,16H2,1H3. The van der Waals surface area contributed by atoms with Crippen molar-refractivity contribution in [2.45, 2.75) is 19.5 Å². The summed E-state index contributed by atoms with van der Waals surface area (Å²) in [6, 6.07) is 0.732. The first-order valence-electron chi connectivity index (χ1n) is 4.44. The highest BCUT2D eigenvalue weighted by molar-refractivity contribution is 6.00. The van der Waals surface area contributed by atoms with Crippen molar-refractivity contribution in [1.82, 2.24) is 0 Å². The van der Waals surface area contributed by atoms with Crippen LogP contribution < -0.4 is 5.73 Å². The van der Waals surface area contributed by atoms with Crippen LogP contribution in [0.3, 0.4) is 0 Å². The normalized spacial score (nSPS) is 11.9. The molecule has 7 heteroatoms. The molecule has 2 nitrogen and oxygen atoms in total. The fourth-order valence-electron chi connectivity index (χ4n) is 1.31. The summed E-state index contributed by atoms with van der Waals surface area (Å²) < 4.78 is 62.2. The van der Waals surface area contributed by atoms with Crippen LogP contribution in [0.5, 0.6) is 0 Å². The Bertz CT molecular complexity index is 453. The molecule has 0 saturated heterocycles. The lowest BCUT2D eigenvalue weighted by Gasteiger charge is -2.13. The first-order valence-corrected chi connectivity index (χ1v) is 4.44. The molecule has 0 amide bonds. The molecule has 94 valence electrons. The first kappa shape index (κ1) is 13.4. The van der Waals surface area contributed by atoms with Crippen molar-refractivity contribution in [2.24, 2.45) is 0 Å². The number of benzene rings is 1. The molecule has 0 radical (unpaired) electrons. The topological polar surface area (TPSA) is 43.1 Å². The van der Waals surface area contributed by atoms with Crippen LogP contribution in [0.1, 0.15) is 34.8 Å². The number of rotatable bonds is 2. The monoisotopic (exact) mass is 253 g/mol. The second kappa shape index (κ2) is 4.31. The summed E-state index contributed by atoms with van der Waals surface area (Å²) in [5.74, 6) is -0.796. The zero-order valence-electron chi connectivity index (χ0n) is 8.61. The first-order chi connectivity index (χ1) is 7.64. The van der Waals surface area contributed by atoms with Crippen molar-refractivity contribution in [2.75, 3.05) is 5.73 Å². The van der Waals surface area contributed by atoms with Gasteiger partial charge in [0, 0.05) is 11.1 Å². The summed E-state index contributed by atoms with van der Waals surface area (Å²) in [6.07, 6.45) is -7.97. The van der Waals surface area contributed by atoms with Crippen LogP contribution in [0.15, 0.2) is 12.1 Å². The van der Waals surface area contributed by atoms with Crippen LogP contribution in [0.2, 0.25) is 0 Å². The molecule has 0 fully saturated rings. The summed E-state index contributed by atoms with van der Waals surface area (Å²) in [4.78, 5) is 11.0. The van der Waals surface area contributed by atoms with Crippen molar-refractivity contribution in [1.29, 1.82) is 0 Å². The third-order valence-corrected chi connectivity index (χ3v) is 2.15. The lowest BCUT2D eigenvalue weighted by molar-refractivity contribution is -0.137. The summed E-state index contributed by atoms with van der Waals surface area (Å²) in [5.41, 5.74) is 1.78. The van der Waals surface area contributed by atoms with E-state index in [0.29, 0.717) is 6.07 Å². The van der Waals surface area contributed by atoms with Gasteiger partial charge in [-0.25, -0.2) is 8.78 Å². The number of ketones is 1. The van der Waals surface area contributed by atoms with Gasteiger partial charge in [-0.1, -0.05) is 0 Å². The predicted octanol–water partition coefficient (Wildman–Crippen LogP) is 3.43. The zero-order chi connectivity index (χ0) is 13.4. The molecule has 1 rings (SSSR count). The van der Waals surface area contributed by atoms with Gasteiger partial charge in [-0.3, -0.25) is 4.79 Å². The SMILES string of the molecule is CC(=O)c1cc(C(F)(F)F)cc(C(F)F)c1N. The number of nitrogens with two attached hydrogens (primary N) is 1. The van der Waals surface area contributed by atoms with Crippen LogP contribution in [0, 0.1) is 0 Å². The van der Waals surface area contributed by atoms with Crippen molar-refractivity contribution < 1.29 is 26.7 Å². The second-order valence-electron chi connectivity index (χ2n) is 3.38. The summed E-state index contributed by atoms with van der Waals surface area (Å²) in [6.45, 7) is 0.959. The molecule has 0 aromatic heterocycles. The molecule has 17 heavy (non-hydrogen) atoms. The molecule has 0 atom stereocenters. The minimum absolute atomic E-state index is 0.256. The number of Topliss-reactive ketones (excluding diaryl/α,β-unsaturated/α-hetero) is 1. The van der Waals surface area contributed by atoms with E-state index in [2.05, 4.69) is 0 Å². The van der Waals surface area contributed by atoms with E-state index in [4.69, 9.17) is 5.73 Å². The fourth-order valence-corrected chi connectivity index (χ4v) is 1.31. The van der Waals surface area contributed by atoms with Gasteiger partial charge in [0.05, 0.1) is 11.3 Å². The van der Waals surface area contributed by atoms with E-state index in [9.17, 15) is 26.7 Å². The molecular weight excluding hydrogens is 245 g/mol. The zero-order valence-corrected chi connectivity index (χ0v) is 8.61. The number of halogens is 5. The molecular formula is C10H8F5NO. The minimum Gasteiger partial charge on any atom is -0.398 e. The number of nitrogen functional groups attached to an aromatic ring is 1. The Morgan fingerprint density at radius 1 is 1.29 bits per heavy atom. The quantitative estimate of drug-likeness (QED) is 0.498. The van der Waals surface area contributed by atoms with Gasteiger partial charge < -0.3 is 5.73 Å². The Labute approximate surface area is 93.2 Å². The molecule has 0 bridgehead atoms. The lowest BCUT2D eigenvalue weighted by atomic mass is 10.0. The number of alkyl halides is 5. The van der Waals surface area contributed by atoms with Gasteiger partial charge >= 0.3 is 6.18 Å².